The molecule has 1 nitrogen and oxygen atoms in total. The van der Waals surface area contributed by atoms with Crippen molar-refractivity contribution in [2.75, 3.05) is 0 Å². The van der Waals surface area contributed by atoms with Crippen molar-refractivity contribution in [1.82, 2.24) is 0 Å². The maximum atomic E-state index is 10.5. The van der Waals surface area contributed by atoms with Crippen molar-refractivity contribution in [2.45, 2.75) is 40.0 Å². The van der Waals surface area contributed by atoms with Gasteiger partial charge in [-0.15, -0.1) is 0 Å². The summed E-state index contributed by atoms with van der Waals surface area (Å²) in [6.07, 6.45) is 6.45. The number of hydrogen-bond donors (Lipinski definition) is 0. The fraction of sp³-hybridized carbons (Fsp3) is 0.700. The van der Waals surface area contributed by atoms with Gasteiger partial charge in [-0.1, -0.05) is 39.7 Å². The van der Waals surface area contributed by atoms with E-state index < -0.39 is 0 Å². The first-order chi connectivity index (χ1) is 5.22. The molecule has 0 saturated heterocycles. The molecule has 11 heavy (non-hydrogen) atoms. The number of carbonyl (C=O) groups excluding carboxylic acids is 1. The first-order valence-electron chi connectivity index (χ1n) is 4.37. The number of carbonyl (C=O) groups is 1. The van der Waals surface area contributed by atoms with Crippen LogP contribution in [0.5, 0.6) is 0 Å². The van der Waals surface area contributed by atoms with Gasteiger partial charge in [0.05, 0.1) is 0 Å². The van der Waals surface area contributed by atoms with E-state index in [1.807, 2.05) is 13.8 Å². The summed E-state index contributed by atoms with van der Waals surface area (Å²) in [5.41, 5.74) is 0.943. The maximum Gasteiger partial charge on any atom is 0.145 e. The first kappa shape index (κ1) is 10.4. The Kier molecular flexibility index (Phi) is 5.81. The number of rotatable bonds is 5. The Morgan fingerprint density at radius 2 is 2.09 bits per heavy atom. The fourth-order valence-electron chi connectivity index (χ4n) is 0.893. The van der Waals surface area contributed by atoms with Crippen LogP contribution in [-0.4, -0.2) is 6.29 Å². The second-order valence-corrected chi connectivity index (χ2v) is 3.12. The van der Waals surface area contributed by atoms with E-state index >= 15 is 0 Å². The molecule has 0 aromatic heterocycles. The first-order valence-corrected chi connectivity index (χ1v) is 4.37. The van der Waals surface area contributed by atoms with E-state index in [0.29, 0.717) is 5.92 Å². The van der Waals surface area contributed by atoms with Crippen molar-refractivity contribution in [1.29, 1.82) is 0 Å². The van der Waals surface area contributed by atoms with Gasteiger partial charge in [0.25, 0.3) is 0 Å². The van der Waals surface area contributed by atoms with E-state index in [9.17, 15) is 4.79 Å². The van der Waals surface area contributed by atoms with Crippen molar-refractivity contribution in [3.05, 3.63) is 11.6 Å². The van der Waals surface area contributed by atoms with Gasteiger partial charge in [-0.25, -0.2) is 0 Å². The Bertz CT molecular complexity index is 134. The summed E-state index contributed by atoms with van der Waals surface area (Å²) in [4.78, 5) is 10.5. The molecule has 0 amide bonds. The molecule has 0 rings (SSSR count). The second-order valence-electron chi connectivity index (χ2n) is 3.12. The molecule has 0 aliphatic carbocycles. The summed E-state index contributed by atoms with van der Waals surface area (Å²) in [6.45, 7) is 6.25. The summed E-state index contributed by atoms with van der Waals surface area (Å²) in [7, 11) is 0. The normalized spacial score (nSPS) is 12.2. The Hall–Kier alpha value is -0.590. The number of hydrogen-bond acceptors (Lipinski definition) is 1. The molecule has 0 N–H and O–H groups in total. The largest absolute Gasteiger partial charge is 0.298 e. The average Bonchev–Trinajstić information content (AvgIpc) is 1.97. The van der Waals surface area contributed by atoms with Crippen LogP contribution in [0.1, 0.15) is 40.0 Å². The van der Waals surface area contributed by atoms with Gasteiger partial charge in [-0.2, -0.15) is 0 Å². The lowest BCUT2D eigenvalue weighted by Gasteiger charge is -2.02. The van der Waals surface area contributed by atoms with E-state index in [-0.39, 0.29) is 0 Å². The van der Waals surface area contributed by atoms with Crippen LogP contribution >= 0.6 is 0 Å². The minimum absolute atomic E-state index is 0.379. The minimum Gasteiger partial charge on any atom is -0.298 e. The molecule has 0 aliphatic rings. The molecule has 0 heterocycles. The van der Waals surface area contributed by atoms with E-state index in [2.05, 4.69) is 13.0 Å². The smallest absolute Gasteiger partial charge is 0.145 e. The lowest BCUT2D eigenvalue weighted by molar-refractivity contribution is -0.105. The molecule has 0 fully saturated rings. The molecule has 0 aromatic carbocycles. The molecule has 0 radical (unpaired) electrons. The van der Waals surface area contributed by atoms with Gasteiger partial charge in [0.2, 0.25) is 0 Å². The van der Waals surface area contributed by atoms with Crippen LogP contribution in [0.2, 0.25) is 0 Å². The zero-order chi connectivity index (χ0) is 8.69. The highest BCUT2D eigenvalue weighted by molar-refractivity contribution is 5.73. The lowest BCUT2D eigenvalue weighted by atomic mass is 10.0. The molecule has 0 atom stereocenters. The predicted molar refractivity (Wildman–Crippen MR) is 48.5 cm³/mol. The number of aldehydes is 1. The van der Waals surface area contributed by atoms with Crippen LogP contribution in [0.4, 0.5) is 0 Å². The Morgan fingerprint density at radius 1 is 1.45 bits per heavy atom. The van der Waals surface area contributed by atoms with Crippen molar-refractivity contribution in [3.8, 4) is 0 Å². The molecule has 0 aromatic rings. The molecule has 0 spiro atoms. The van der Waals surface area contributed by atoms with Crippen LogP contribution in [0, 0.1) is 5.92 Å². The zero-order valence-electron chi connectivity index (χ0n) is 7.76. The van der Waals surface area contributed by atoms with E-state index in [1.165, 1.54) is 12.8 Å². The second kappa shape index (κ2) is 6.14. The zero-order valence-corrected chi connectivity index (χ0v) is 7.76. The summed E-state index contributed by atoms with van der Waals surface area (Å²) in [5.74, 6) is 0.379. The molecule has 0 aliphatic heterocycles. The van der Waals surface area contributed by atoms with Gasteiger partial charge in [-0.05, 0) is 17.9 Å². The summed E-state index contributed by atoms with van der Waals surface area (Å²) >= 11 is 0. The number of unbranched alkanes of at least 4 members (excludes halogenated alkanes) is 2. The highest BCUT2D eigenvalue weighted by atomic mass is 16.1. The highest BCUT2D eigenvalue weighted by Crippen LogP contribution is 2.08. The van der Waals surface area contributed by atoms with Crippen molar-refractivity contribution in [3.63, 3.8) is 0 Å². The van der Waals surface area contributed by atoms with E-state index in [0.717, 1.165) is 18.3 Å². The van der Waals surface area contributed by atoms with Gasteiger partial charge >= 0.3 is 0 Å². The molecule has 0 bridgehead atoms. The topological polar surface area (TPSA) is 17.1 Å². The van der Waals surface area contributed by atoms with E-state index in [4.69, 9.17) is 0 Å². The SMILES string of the molecule is CCCCC=C(C=O)C(C)C. The standard InChI is InChI=1S/C10H18O/c1-4-5-6-7-10(8-11)9(2)3/h7-9H,4-6H2,1-3H3. The van der Waals surface area contributed by atoms with Gasteiger partial charge in [0, 0.05) is 0 Å². The Balaban J connectivity index is 3.81. The third-order valence-electron chi connectivity index (χ3n) is 1.74. The summed E-state index contributed by atoms with van der Waals surface area (Å²) in [6, 6.07) is 0. The lowest BCUT2D eigenvalue weighted by Crippen LogP contribution is -1.94. The van der Waals surface area contributed by atoms with Gasteiger partial charge < -0.3 is 0 Å². The monoisotopic (exact) mass is 154 g/mol. The molecular formula is C10H18O. The fourth-order valence-corrected chi connectivity index (χ4v) is 0.893. The van der Waals surface area contributed by atoms with Gasteiger partial charge in [-0.3, -0.25) is 4.79 Å². The van der Waals surface area contributed by atoms with Gasteiger partial charge in [0.15, 0.2) is 0 Å². The number of allylic oxidation sites excluding steroid dienone is 2. The predicted octanol–water partition coefficient (Wildman–Crippen LogP) is 2.96. The Morgan fingerprint density at radius 3 is 2.45 bits per heavy atom. The van der Waals surface area contributed by atoms with Crippen LogP contribution in [-0.2, 0) is 4.79 Å². The average molecular weight is 154 g/mol. The Labute approximate surface area is 69.5 Å². The van der Waals surface area contributed by atoms with Crippen molar-refractivity contribution >= 4 is 6.29 Å². The molecule has 0 saturated carbocycles. The van der Waals surface area contributed by atoms with Crippen LogP contribution < -0.4 is 0 Å². The maximum absolute atomic E-state index is 10.5. The third kappa shape index (κ3) is 4.77. The summed E-state index contributed by atoms with van der Waals surface area (Å²) in [5, 5.41) is 0. The van der Waals surface area contributed by atoms with Crippen LogP contribution in [0.15, 0.2) is 11.6 Å². The third-order valence-corrected chi connectivity index (χ3v) is 1.74. The van der Waals surface area contributed by atoms with Gasteiger partial charge in [0.1, 0.15) is 6.29 Å². The molecule has 0 unspecified atom stereocenters. The van der Waals surface area contributed by atoms with E-state index in [1.54, 1.807) is 0 Å². The molecular weight excluding hydrogens is 136 g/mol. The molecule has 64 valence electrons. The minimum atomic E-state index is 0.379. The molecule has 1 heteroatoms. The van der Waals surface area contributed by atoms with Crippen LogP contribution in [0.3, 0.4) is 0 Å². The highest BCUT2D eigenvalue weighted by Gasteiger charge is 1.99. The summed E-state index contributed by atoms with van der Waals surface area (Å²) < 4.78 is 0. The van der Waals surface area contributed by atoms with Crippen molar-refractivity contribution in [2.24, 2.45) is 5.92 Å². The van der Waals surface area contributed by atoms with Crippen molar-refractivity contribution < 1.29 is 4.79 Å². The van der Waals surface area contributed by atoms with Crippen LogP contribution in [0.25, 0.3) is 0 Å². The quantitative estimate of drug-likeness (QED) is 0.338.